The number of rotatable bonds is 6. The predicted molar refractivity (Wildman–Crippen MR) is 101 cm³/mol. The van der Waals surface area contributed by atoms with Crippen LogP contribution in [0.1, 0.15) is 41.4 Å². The maximum absolute atomic E-state index is 12.5. The smallest absolute Gasteiger partial charge is 0.255 e. The highest BCUT2D eigenvalue weighted by Crippen LogP contribution is 2.40. The number of hydrogen-bond donors (Lipinski definition) is 1. The first-order valence-corrected chi connectivity index (χ1v) is 9.26. The Morgan fingerprint density at radius 2 is 1.93 bits per heavy atom. The van der Waals surface area contributed by atoms with E-state index in [0.29, 0.717) is 36.3 Å². The number of fused-ring (bicyclic) bond motifs is 1. The third-order valence-electron chi connectivity index (χ3n) is 5.31. The van der Waals surface area contributed by atoms with E-state index in [1.165, 1.54) is 0 Å². The lowest BCUT2D eigenvalue weighted by atomic mass is 10.0. The Morgan fingerprint density at radius 3 is 2.59 bits per heavy atom. The molecular formula is C20H25N3O4. The van der Waals surface area contributed by atoms with Crippen LogP contribution in [0.25, 0.3) is 0 Å². The quantitative estimate of drug-likeness (QED) is 0.839. The van der Waals surface area contributed by atoms with Gasteiger partial charge in [-0.15, -0.1) is 0 Å². The molecule has 2 heterocycles. The van der Waals surface area contributed by atoms with E-state index in [9.17, 15) is 4.79 Å². The monoisotopic (exact) mass is 371 g/mol. The van der Waals surface area contributed by atoms with Crippen LogP contribution >= 0.6 is 0 Å². The molecule has 1 aromatic carbocycles. The fourth-order valence-corrected chi connectivity index (χ4v) is 3.71. The van der Waals surface area contributed by atoms with Gasteiger partial charge >= 0.3 is 0 Å². The van der Waals surface area contributed by atoms with Crippen molar-refractivity contribution < 1.29 is 14.2 Å². The van der Waals surface area contributed by atoms with E-state index < -0.39 is 0 Å². The van der Waals surface area contributed by atoms with Gasteiger partial charge in [-0.1, -0.05) is 6.07 Å². The molecule has 0 spiro atoms. The van der Waals surface area contributed by atoms with Crippen LogP contribution in [0, 0.1) is 0 Å². The molecule has 2 aliphatic rings. The molecule has 1 aromatic heterocycles. The molecule has 1 aliphatic heterocycles. The summed E-state index contributed by atoms with van der Waals surface area (Å²) in [6.07, 6.45) is 3.05. The maximum atomic E-state index is 12.5. The average Bonchev–Trinajstić information content (AvgIpc) is 3.53. The fraction of sp³-hybridized carbons (Fsp3) is 0.500. The van der Waals surface area contributed by atoms with E-state index in [2.05, 4.69) is 9.88 Å². The van der Waals surface area contributed by atoms with Crippen molar-refractivity contribution in [3.8, 4) is 17.2 Å². The summed E-state index contributed by atoms with van der Waals surface area (Å²) in [6, 6.07) is 3.86. The number of ether oxygens (including phenoxy) is 3. The zero-order valence-corrected chi connectivity index (χ0v) is 16.0. The summed E-state index contributed by atoms with van der Waals surface area (Å²) in [5.74, 6) is 3.21. The molecule has 144 valence electrons. The van der Waals surface area contributed by atoms with Gasteiger partial charge in [0, 0.05) is 37.5 Å². The van der Waals surface area contributed by atoms with Crippen molar-refractivity contribution in [3.05, 3.63) is 45.1 Å². The Morgan fingerprint density at radius 1 is 1.15 bits per heavy atom. The summed E-state index contributed by atoms with van der Waals surface area (Å²) in [6.45, 7) is 2.10. The van der Waals surface area contributed by atoms with Crippen molar-refractivity contribution >= 4 is 0 Å². The Bertz CT molecular complexity index is 905. The van der Waals surface area contributed by atoms with Crippen LogP contribution < -0.4 is 19.8 Å². The van der Waals surface area contributed by atoms with Gasteiger partial charge in [0.2, 0.25) is 5.75 Å². The number of hydrogen-bond acceptors (Lipinski definition) is 6. The number of aromatic nitrogens is 2. The minimum absolute atomic E-state index is 0.00544. The summed E-state index contributed by atoms with van der Waals surface area (Å²) in [4.78, 5) is 22.5. The minimum Gasteiger partial charge on any atom is -0.493 e. The lowest BCUT2D eigenvalue weighted by Gasteiger charge is -2.28. The number of aromatic amines is 1. The van der Waals surface area contributed by atoms with Crippen LogP contribution in [-0.4, -0.2) is 42.7 Å². The van der Waals surface area contributed by atoms with Gasteiger partial charge in [-0.05, 0) is 18.9 Å². The summed E-state index contributed by atoms with van der Waals surface area (Å²) in [5.41, 5.74) is 2.74. The molecule has 0 radical (unpaired) electrons. The molecular weight excluding hydrogens is 346 g/mol. The molecule has 0 amide bonds. The van der Waals surface area contributed by atoms with Gasteiger partial charge in [-0.2, -0.15) is 0 Å². The van der Waals surface area contributed by atoms with Gasteiger partial charge in [0.15, 0.2) is 11.5 Å². The van der Waals surface area contributed by atoms with Gasteiger partial charge in [-0.25, -0.2) is 4.98 Å². The highest BCUT2D eigenvalue weighted by Gasteiger charge is 2.29. The van der Waals surface area contributed by atoms with Crippen molar-refractivity contribution in [2.75, 3.05) is 27.9 Å². The summed E-state index contributed by atoms with van der Waals surface area (Å²) in [5, 5.41) is 0. The van der Waals surface area contributed by atoms with Crippen molar-refractivity contribution in [3.63, 3.8) is 0 Å². The standard InChI is InChI=1S/C20H25N3O4/c1-25-16-7-6-13(17(26-2)18(16)27-3)10-23-9-8-15-14(11-23)20(24)22-19(21-15)12-4-5-12/h6-7,12H,4-5,8-11H2,1-3H3,(H,21,22,24). The maximum Gasteiger partial charge on any atom is 0.255 e. The van der Waals surface area contributed by atoms with Gasteiger partial charge in [0.25, 0.3) is 5.56 Å². The molecule has 1 fully saturated rings. The Hall–Kier alpha value is -2.54. The largest absolute Gasteiger partial charge is 0.493 e. The third kappa shape index (κ3) is 3.39. The Balaban J connectivity index is 1.58. The fourth-order valence-electron chi connectivity index (χ4n) is 3.71. The third-order valence-corrected chi connectivity index (χ3v) is 5.31. The minimum atomic E-state index is 0.00544. The van der Waals surface area contributed by atoms with Crippen molar-refractivity contribution in [2.45, 2.75) is 38.3 Å². The molecule has 4 rings (SSSR count). The molecule has 7 heteroatoms. The molecule has 1 N–H and O–H groups in total. The zero-order chi connectivity index (χ0) is 19.0. The molecule has 0 unspecified atom stereocenters. The van der Waals surface area contributed by atoms with E-state index in [1.54, 1.807) is 21.3 Å². The zero-order valence-electron chi connectivity index (χ0n) is 16.0. The summed E-state index contributed by atoms with van der Waals surface area (Å²) < 4.78 is 16.4. The number of benzene rings is 1. The Kier molecular flexibility index (Phi) is 4.78. The van der Waals surface area contributed by atoms with E-state index in [1.807, 2.05) is 12.1 Å². The van der Waals surface area contributed by atoms with Crippen LogP contribution in [0.4, 0.5) is 0 Å². The lowest BCUT2D eigenvalue weighted by molar-refractivity contribution is 0.235. The van der Waals surface area contributed by atoms with E-state index in [0.717, 1.165) is 48.5 Å². The predicted octanol–water partition coefficient (Wildman–Crippen LogP) is 2.23. The number of H-pyrrole nitrogens is 1. The van der Waals surface area contributed by atoms with Crippen molar-refractivity contribution in [1.29, 1.82) is 0 Å². The van der Waals surface area contributed by atoms with Crippen molar-refractivity contribution in [1.82, 2.24) is 14.9 Å². The van der Waals surface area contributed by atoms with Crippen LogP contribution in [-0.2, 0) is 19.5 Å². The highest BCUT2D eigenvalue weighted by molar-refractivity contribution is 5.55. The summed E-state index contributed by atoms with van der Waals surface area (Å²) in [7, 11) is 4.83. The van der Waals surface area contributed by atoms with E-state index in [4.69, 9.17) is 19.2 Å². The number of nitrogens with one attached hydrogen (secondary N) is 1. The SMILES string of the molecule is COc1ccc(CN2CCc3nc(C4CC4)[nH]c(=O)c3C2)c(OC)c1OC. The number of methoxy groups -OCH3 is 3. The second kappa shape index (κ2) is 7.23. The molecule has 7 nitrogen and oxygen atoms in total. The first-order valence-electron chi connectivity index (χ1n) is 9.26. The van der Waals surface area contributed by atoms with Crippen LogP contribution in [0.3, 0.4) is 0 Å². The molecule has 1 aliphatic carbocycles. The highest BCUT2D eigenvalue weighted by atomic mass is 16.5. The first kappa shape index (κ1) is 17.9. The first-order chi connectivity index (χ1) is 13.1. The number of nitrogens with zero attached hydrogens (tertiary/aromatic N) is 2. The summed E-state index contributed by atoms with van der Waals surface area (Å²) >= 11 is 0. The molecule has 1 saturated carbocycles. The molecule has 27 heavy (non-hydrogen) atoms. The van der Waals surface area contributed by atoms with Crippen LogP contribution in [0.2, 0.25) is 0 Å². The van der Waals surface area contributed by atoms with Gasteiger partial charge in [0.05, 0.1) is 32.6 Å². The molecule has 0 bridgehead atoms. The normalized spacial score (nSPS) is 16.7. The molecule has 2 aromatic rings. The van der Waals surface area contributed by atoms with Gasteiger partial charge < -0.3 is 19.2 Å². The second-order valence-electron chi connectivity index (χ2n) is 7.10. The molecule has 0 atom stereocenters. The van der Waals surface area contributed by atoms with Crippen LogP contribution in [0.15, 0.2) is 16.9 Å². The van der Waals surface area contributed by atoms with E-state index in [-0.39, 0.29) is 5.56 Å². The Labute approximate surface area is 158 Å². The van der Waals surface area contributed by atoms with Gasteiger partial charge in [0.1, 0.15) is 5.82 Å². The van der Waals surface area contributed by atoms with E-state index >= 15 is 0 Å². The van der Waals surface area contributed by atoms with Gasteiger partial charge in [-0.3, -0.25) is 9.69 Å². The lowest BCUT2D eigenvalue weighted by Crippen LogP contribution is -2.35. The average molecular weight is 371 g/mol. The van der Waals surface area contributed by atoms with Crippen LogP contribution in [0.5, 0.6) is 17.2 Å². The topological polar surface area (TPSA) is 76.7 Å². The van der Waals surface area contributed by atoms with Crippen molar-refractivity contribution in [2.24, 2.45) is 0 Å². The molecule has 0 saturated heterocycles. The second-order valence-corrected chi connectivity index (χ2v) is 7.10.